The number of fused-ring (bicyclic) bond motifs is 1. The number of hydrogen-bond donors (Lipinski definition) is 3. The molecule has 0 spiro atoms. The van der Waals surface area contributed by atoms with Crippen LogP contribution in [-0.2, 0) is 19.0 Å². The minimum absolute atomic E-state index is 0.276. The molecule has 36 heavy (non-hydrogen) atoms. The lowest BCUT2D eigenvalue weighted by Gasteiger charge is -2.24. The molecular formula is C25H35N5O6. The van der Waals surface area contributed by atoms with Gasteiger partial charge in [-0.25, -0.2) is 9.48 Å². The van der Waals surface area contributed by atoms with Gasteiger partial charge in [0.25, 0.3) is 5.56 Å². The zero-order valence-corrected chi connectivity index (χ0v) is 21.1. The van der Waals surface area contributed by atoms with Crippen molar-refractivity contribution in [2.75, 3.05) is 44.8 Å². The van der Waals surface area contributed by atoms with Gasteiger partial charge >= 0.3 is 6.09 Å². The van der Waals surface area contributed by atoms with Gasteiger partial charge in [0.2, 0.25) is 5.91 Å². The second kappa shape index (κ2) is 12.5. The van der Waals surface area contributed by atoms with Crippen LogP contribution >= 0.6 is 0 Å². The average molecular weight is 502 g/mol. The van der Waals surface area contributed by atoms with Crippen LogP contribution in [0.2, 0.25) is 0 Å². The molecule has 2 amide bonds. The van der Waals surface area contributed by atoms with Gasteiger partial charge in [-0.15, -0.1) is 0 Å². The summed E-state index contributed by atoms with van der Waals surface area (Å²) in [4.78, 5) is 37.1. The van der Waals surface area contributed by atoms with Gasteiger partial charge in [-0.1, -0.05) is 18.7 Å². The van der Waals surface area contributed by atoms with Gasteiger partial charge < -0.3 is 30.2 Å². The van der Waals surface area contributed by atoms with Crippen LogP contribution in [0.25, 0.3) is 10.8 Å². The van der Waals surface area contributed by atoms with Crippen LogP contribution < -0.4 is 21.5 Å². The van der Waals surface area contributed by atoms with E-state index in [2.05, 4.69) is 27.6 Å². The van der Waals surface area contributed by atoms with E-state index in [1.54, 1.807) is 27.0 Å². The van der Waals surface area contributed by atoms with Crippen LogP contribution in [0.15, 0.2) is 41.5 Å². The maximum absolute atomic E-state index is 13.2. The SMILES string of the molecule is C=C1CCC(n2ncc3cccc(NCCOCCOCCNC(=O)OC(C)(C)C)c3c2=O)C(=O)N1. The molecule has 11 nitrogen and oxygen atoms in total. The van der Waals surface area contributed by atoms with Crippen LogP contribution in [0.3, 0.4) is 0 Å². The minimum atomic E-state index is -0.664. The summed E-state index contributed by atoms with van der Waals surface area (Å²) < 4.78 is 17.4. The molecule has 1 unspecified atom stereocenters. The molecule has 1 aliphatic heterocycles. The second-order valence-electron chi connectivity index (χ2n) is 9.39. The van der Waals surface area contributed by atoms with E-state index in [1.165, 1.54) is 4.68 Å². The molecule has 0 aliphatic carbocycles. The first kappa shape index (κ1) is 27.2. The summed E-state index contributed by atoms with van der Waals surface area (Å²) >= 11 is 0. The summed E-state index contributed by atoms with van der Waals surface area (Å²) in [5, 5.41) is 14.0. The predicted octanol–water partition coefficient (Wildman–Crippen LogP) is 2.33. The van der Waals surface area contributed by atoms with Gasteiger partial charge in [0.1, 0.15) is 11.6 Å². The van der Waals surface area contributed by atoms with E-state index in [0.717, 1.165) is 0 Å². The van der Waals surface area contributed by atoms with Gasteiger partial charge in [0.15, 0.2) is 0 Å². The third-order valence-electron chi connectivity index (χ3n) is 5.31. The zero-order valence-electron chi connectivity index (χ0n) is 21.1. The minimum Gasteiger partial charge on any atom is -0.444 e. The van der Waals surface area contributed by atoms with Gasteiger partial charge in [-0.05, 0) is 39.7 Å². The molecule has 1 aromatic heterocycles. The molecule has 1 saturated heterocycles. The number of ether oxygens (including phenoxy) is 3. The lowest BCUT2D eigenvalue weighted by Crippen LogP contribution is -2.41. The van der Waals surface area contributed by atoms with Crippen molar-refractivity contribution in [2.24, 2.45) is 0 Å². The number of alkyl carbamates (subject to hydrolysis) is 1. The van der Waals surface area contributed by atoms with E-state index in [4.69, 9.17) is 14.2 Å². The van der Waals surface area contributed by atoms with Gasteiger partial charge in [-0.3, -0.25) is 9.59 Å². The van der Waals surface area contributed by atoms with Crippen molar-refractivity contribution in [1.29, 1.82) is 0 Å². The Hall–Kier alpha value is -3.44. The molecule has 3 N–H and O–H groups in total. The number of anilines is 1. The number of rotatable bonds is 11. The number of nitrogens with one attached hydrogen (secondary N) is 3. The average Bonchev–Trinajstić information content (AvgIpc) is 2.80. The number of piperidine rings is 1. The second-order valence-corrected chi connectivity index (χ2v) is 9.39. The topological polar surface area (TPSA) is 133 Å². The number of allylic oxidation sites excluding steroid dienone is 1. The number of nitrogens with zero attached hydrogens (tertiary/aromatic N) is 2. The quantitative estimate of drug-likeness (QED) is 0.400. The number of amides is 2. The van der Waals surface area contributed by atoms with E-state index in [-0.39, 0.29) is 11.5 Å². The van der Waals surface area contributed by atoms with Gasteiger partial charge in [-0.2, -0.15) is 5.10 Å². The fourth-order valence-corrected chi connectivity index (χ4v) is 3.69. The van der Waals surface area contributed by atoms with E-state index >= 15 is 0 Å². The molecule has 0 radical (unpaired) electrons. The lowest BCUT2D eigenvalue weighted by molar-refractivity contribution is -0.125. The van der Waals surface area contributed by atoms with E-state index in [1.807, 2.05) is 18.2 Å². The fraction of sp³-hybridized carbons (Fsp3) is 0.520. The smallest absolute Gasteiger partial charge is 0.407 e. The van der Waals surface area contributed by atoms with E-state index in [0.29, 0.717) is 74.5 Å². The molecule has 2 heterocycles. The summed E-state index contributed by atoms with van der Waals surface area (Å²) in [6, 6.07) is 4.81. The largest absolute Gasteiger partial charge is 0.444 e. The summed E-state index contributed by atoms with van der Waals surface area (Å²) in [6.07, 6.45) is 2.21. The first-order valence-electron chi connectivity index (χ1n) is 12.0. The normalized spacial score (nSPS) is 16.0. The van der Waals surface area contributed by atoms with Crippen molar-refractivity contribution >= 4 is 28.5 Å². The van der Waals surface area contributed by atoms with Crippen molar-refractivity contribution in [1.82, 2.24) is 20.4 Å². The Kier molecular flexibility index (Phi) is 9.43. The van der Waals surface area contributed by atoms with E-state index in [9.17, 15) is 14.4 Å². The van der Waals surface area contributed by atoms with Crippen LogP contribution in [0.4, 0.5) is 10.5 Å². The van der Waals surface area contributed by atoms with Crippen LogP contribution in [0.5, 0.6) is 0 Å². The summed E-state index contributed by atoms with van der Waals surface area (Å²) in [5.74, 6) is -0.276. The molecule has 196 valence electrons. The van der Waals surface area contributed by atoms with Crippen LogP contribution in [-0.4, -0.2) is 66.9 Å². The Bertz CT molecular complexity index is 1140. The van der Waals surface area contributed by atoms with Crippen molar-refractivity contribution in [2.45, 2.75) is 45.3 Å². The lowest BCUT2D eigenvalue weighted by atomic mass is 10.0. The number of benzene rings is 1. The third kappa shape index (κ3) is 7.79. The number of carbonyl (C=O) groups is 2. The maximum atomic E-state index is 13.2. The molecular weight excluding hydrogens is 466 g/mol. The predicted molar refractivity (Wildman–Crippen MR) is 136 cm³/mol. The summed E-state index contributed by atoms with van der Waals surface area (Å²) in [7, 11) is 0. The molecule has 1 aromatic carbocycles. The zero-order chi connectivity index (χ0) is 26.1. The van der Waals surface area contributed by atoms with Crippen molar-refractivity contribution < 1.29 is 23.8 Å². The molecule has 1 aliphatic rings. The molecule has 1 fully saturated rings. The first-order chi connectivity index (χ1) is 17.2. The van der Waals surface area contributed by atoms with Crippen LogP contribution in [0, 0.1) is 0 Å². The van der Waals surface area contributed by atoms with Crippen molar-refractivity contribution in [3.63, 3.8) is 0 Å². The monoisotopic (exact) mass is 501 g/mol. The molecule has 1 atom stereocenters. The first-order valence-corrected chi connectivity index (χ1v) is 12.0. The number of aromatic nitrogens is 2. The Balaban J connectivity index is 1.42. The molecule has 2 aromatic rings. The van der Waals surface area contributed by atoms with Crippen molar-refractivity contribution in [3.05, 3.63) is 47.0 Å². The highest BCUT2D eigenvalue weighted by atomic mass is 16.6. The van der Waals surface area contributed by atoms with E-state index < -0.39 is 17.7 Å². The molecule has 11 heteroatoms. The third-order valence-corrected chi connectivity index (χ3v) is 5.31. The highest BCUT2D eigenvalue weighted by Crippen LogP contribution is 2.23. The summed E-state index contributed by atoms with van der Waals surface area (Å²) in [5.41, 5.74) is 0.448. The summed E-state index contributed by atoms with van der Waals surface area (Å²) in [6.45, 7) is 11.5. The highest BCUT2D eigenvalue weighted by molar-refractivity contribution is 5.93. The standard InChI is InChI=1S/C25H35N5O6/c1-17-8-9-20(22(31)29-17)30-23(32)21-18(16-28-30)6-5-7-19(21)26-10-12-34-14-15-35-13-11-27-24(33)36-25(2,3)4/h5-7,16,20,26H,1,8-15H2,2-4H3,(H,27,33)(H,29,31). The maximum Gasteiger partial charge on any atom is 0.407 e. The van der Waals surface area contributed by atoms with Gasteiger partial charge in [0.05, 0.1) is 38.0 Å². The molecule has 3 rings (SSSR count). The van der Waals surface area contributed by atoms with Crippen molar-refractivity contribution in [3.8, 4) is 0 Å². The van der Waals surface area contributed by atoms with Crippen LogP contribution in [0.1, 0.15) is 39.7 Å². The molecule has 0 saturated carbocycles. The molecule has 0 bridgehead atoms. The Morgan fingerprint density at radius 3 is 2.58 bits per heavy atom. The number of carbonyl (C=O) groups excluding carboxylic acids is 2. The Morgan fingerprint density at radius 2 is 1.89 bits per heavy atom. The Labute approximate surface area is 210 Å². The Morgan fingerprint density at radius 1 is 1.17 bits per heavy atom. The van der Waals surface area contributed by atoms with Gasteiger partial charge in [0, 0.05) is 29.9 Å². The number of hydrogen-bond acceptors (Lipinski definition) is 8. The highest BCUT2D eigenvalue weighted by Gasteiger charge is 2.28. The fourth-order valence-electron chi connectivity index (χ4n) is 3.69.